The van der Waals surface area contributed by atoms with Crippen molar-refractivity contribution in [1.29, 1.82) is 0 Å². The molecule has 0 aliphatic heterocycles. The van der Waals surface area contributed by atoms with E-state index >= 15 is 0 Å². The average Bonchev–Trinajstić information content (AvgIpc) is 3.07. The average molecular weight is 723 g/mol. The van der Waals surface area contributed by atoms with Crippen molar-refractivity contribution >= 4 is 43.5 Å². The van der Waals surface area contributed by atoms with Crippen molar-refractivity contribution in [1.82, 2.24) is 10.2 Å². The van der Waals surface area contributed by atoms with Gasteiger partial charge in [-0.15, -0.1) is 0 Å². The number of hydrogen-bond acceptors (Lipinski definition) is 6. The largest absolute Gasteiger partial charge is 0.497 e. The predicted molar refractivity (Wildman–Crippen MR) is 187 cm³/mol. The molecule has 0 aliphatic carbocycles. The van der Waals surface area contributed by atoms with Crippen LogP contribution in [0.3, 0.4) is 0 Å². The van der Waals surface area contributed by atoms with Crippen molar-refractivity contribution in [2.45, 2.75) is 44.2 Å². The summed E-state index contributed by atoms with van der Waals surface area (Å²) in [4.78, 5) is 29.9. The monoisotopic (exact) mass is 721 g/mol. The minimum atomic E-state index is -4.31. The summed E-state index contributed by atoms with van der Waals surface area (Å²) in [5.41, 5.74) is 2.63. The van der Waals surface area contributed by atoms with Gasteiger partial charge in [-0.2, -0.15) is 0 Å². The molecule has 0 spiro atoms. The fourth-order valence-corrected chi connectivity index (χ4v) is 6.96. The highest BCUT2D eigenvalue weighted by Crippen LogP contribution is 2.36. The van der Waals surface area contributed by atoms with Crippen LogP contribution in [0.4, 0.5) is 5.69 Å². The third kappa shape index (κ3) is 9.14. The minimum absolute atomic E-state index is 0.000775. The number of benzene rings is 4. The van der Waals surface area contributed by atoms with Gasteiger partial charge in [0.05, 0.1) is 24.8 Å². The number of aryl methyl sites for hydroxylation is 1. The van der Waals surface area contributed by atoms with Gasteiger partial charge in [-0.25, -0.2) is 8.42 Å². The van der Waals surface area contributed by atoms with E-state index in [1.807, 2.05) is 68.4 Å². The molecule has 0 bridgehead atoms. The Labute approximate surface area is 285 Å². The summed E-state index contributed by atoms with van der Waals surface area (Å²) in [7, 11) is -1.41. The Hall–Kier alpha value is -4.35. The van der Waals surface area contributed by atoms with Gasteiger partial charge in [0, 0.05) is 30.0 Å². The van der Waals surface area contributed by atoms with Crippen LogP contribution in [-0.2, 0) is 32.6 Å². The summed E-state index contributed by atoms with van der Waals surface area (Å²) >= 11 is 3.50. The number of carbonyl (C=O) groups excluding carboxylic acids is 2. The lowest BCUT2D eigenvalue weighted by Crippen LogP contribution is -2.53. The fourth-order valence-electron chi connectivity index (χ4n) is 5.09. The SMILES string of the molecule is CCCNC(=O)C(Cc1ccccc1)N(Cc1cccc(Br)c1)C(=O)CN(c1cc(OC)ccc1OC)S(=O)(=O)c1ccc(C)cc1. The first-order chi connectivity index (χ1) is 22.6. The fraction of sp³-hybridized carbons (Fsp3) is 0.278. The van der Waals surface area contributed by atoms with E-state index in [1.165, 1.54) is 37.3 Å². The summed E-state index contributed by atoms with van der Waals surface area (Å²) in [6.45, 7) is 3.69. The topological polar surface area (TPSA) is 105 Å². The molecule has 4 aromatic rings. The summed E-state index contributed by atoms with van der Waals surface area (Å²) in [5.74, 6) is -0.289. The number of halogens is 1. The zero-order valence-electron chi connectivity index (χ0n) is 27.0. The van der Waals surface area contributed by atoms with Crippen molar-refractivity contribution in [2.75, 3.05) is 31.6 Å². The Balaban J connectivity index is 1.86. The Morgan fingerprint density at radius 3 is 2.21 bits per heavy atom. The lowest BCUT2D eigenvalue weighted by atomic mass is 10.0. The molecule has 0 fully saturated rings. The third-order valence-corrected chi connectivity index (χ3v) is 9.87. The summed E-state index contributed by atoms with van der Waals surface area (Å²) in [5, 5.41) is 2.95. The minimum Gasteiger partial charge on any atom is -0.497 e. The van der Waals surface area contributed by atoms with Crippen molar-refractivity contribution < 1.29 is 27.5 Å². The lowest BCUT2D eigenvalue weighted by molar-refractivity contribution is -0.140. The standard InChI is InChI=1S/C36H40BrN3O6S/c1-5-20-38-36(42)33(22-27-10-7-6-8-11-27)39(24-28-12-9-13-29(37)21-28)35(41)25-40(32-23-30(45-3)16-19-34(32)46-4)47(43,44)31-17-14-26(2)15-18-31/h6-19,21,23,33H,5,20,22,24-25H2,1-4H3,(H,38,42). The quantitative estimate of drug-likeness (QED) is 0.158. The number of methoxy groups -OCH3 is 2. The zero-order chi connectivity index (χ0) is 34.0. The summed E-state index contributed by atoms with van der Waals surface area (Å²) < 4.78 is 41.6. The van der Waals surface area contributed by atoms with Crippen molar-refractivity contribution in [2.24, 2.45) is 0 Å². The molecule has 1 atom stereocenters. The van der Waals surface area contributed by atoms with Gasteiger partial charge in [-0.3, -0.25) is 13.9 Å². The molecule has 11 heteroatoms. The molecule has 47 heavy (non-hydrogen) atoms. The first-order valence-corrected chi connectivity index (χ1v) is 17.5. The number of hydrogen-bond donors (Lipinski definition) is 1. The molecule has 2 amide bonds. The third-order valence-electron chi connectivity index (χ3n) is 7.60. The van der Waals surface area contributed by atoms with Gasteiger partial charge in [-0.05, 0) is 60.9 Å². The van der Waals surface area contributed by atoms with E-state index in [1.54, 1.807) is 24.3 Å². The van der Waals surface area contributed by atoms with E-state index in [9.17, 15) is 18.0 Å². The second-order valence-electron chi connectivity index (χ2n) is 11.0. The van der Waals surface area contributed by atoms with Crippen molar-refractivity contribution in [3.05, 3.63) is 118 Å². The maximum atomic E-state index is 14.7. The summed E-state index contributed by atoms with van der Waals surface area (Å²) in [6, 6.07) is 27.1. The van der Waals surface area contributed by atoms with Crippen molar-refractivity contribution in [3.63, 3.8) is 0 Å². The van der Waals surface area contributed by atoms with Gasteiger partial charge in [0.15, 0.2) is 0 Å². The van der Waals surface area contributed by atoms with Crippen LogP contribution in [0.2, 0.25) is 0 Å². The van der Waals surface area contributed by atoms with E-state index in [2.05, 4.69) is 21.2 Å². The number of ether oxygens (including phenoxy) is 2. The van der Waals surface area contributed by atoms with E-state index in [0.717, 1.165) is 25.5 Å². The molecule has 4 rings (SSSR count). The highest BCUT2D eigenvalue weighted by atomic mass is 79.9. The molecule has 0 aromatic heterocycles. The van der Waals surface area contributed by atoms with Crippen LogP contribution in [0.25, 0.3) is 0 Å². The predicted octanol–water partition coefficient (Wildman–Crippen LogP) is 6.14. The molecule has 0 aliphatic rings. The maximum Gasteiger partial charge on any atom is 0.264 e. The van der Waals surface area contributed by atoms with Crippen LogP contribution < -0.4 is 19.1 Å². The normalized spacial score (nSPS) is 11.8. The first kappa shape index (κ1) is 35.5. The van der Waals surface area contributed by atoms with Crippen LogP contribution in [-0.4, -0.2) is 58.5 Å². The molecule has 1 unspecified atom stereocenters. The van der Waals surface area contributed by atoms with Gasteiger partial charge in [-0.1, -0.05) is 83.0 Å². The van der Waals surface area contributed by atoms with Gasteiger partial charge in [0.1, 0.15) is 24.1 Å². The highest BCUT2D eigenvalue weighted by molar-refractivity contribution is 9.10. The maximum absolute atomic E-state index is 14.7. The number of sulfonamides is 1. The molecule has 0 radical (unpaired) electrons. The second-order valence-corrected chi connectivity index (χ2v) is 13.8. The van der Waals surface area contributed by atoms with Crippen LogP contribution in [0.15, 0.2) is 106 Å². The molecule has 0 heterocycles. The van der Waals surface area contributed by atoms with Crippen LogP contribution in [0, 0.1) is 6.92 Å². The first-order valence-electron chi connectivity index (χ1n) is 15.2. The van der Waals surface area contributed by atoms with Gasteiger partial charge < -0.3 is 19.7 Å². The molecular formula is C36H40BrN3O6S. The lowest BCUT2D eigenvalue weighted by Gasteiger charge is -2.34. The molecule has 1 N–H and O–H groups in total. The van der Waals surface area contributed by atoms with Crippen LogP contribution in [0.5, 0.6) is 11.5 Å². The Kier molecular flexibility index (Phi) is 12.4. The van der Waals surface area contributed by atoms with E-state index in [0.29, 0.717) is 18.7 Å². The Morgan fingerprint density at radius 1 is 0.872 bits per heavy atom. The van der Waals surface area contributed by atoms with Crippen LogP contribution >= 0.6 is 15.9 Å². The van der Waals surface area contributed by atoms with E-state index in [-0.39, 0.29) is 35.2 Å². The van der Waals surface area contributed by atoms with Crippen LogP contribution in [0.1, 0.15) is 30.0 Å². The molecular weight excluding hydrogens is 682 g/mol. The van der Waals surface area contributed by atoms with E-state index < -0.39 is 28.5 Å². The number of carbonyl (C=O) groups is 2. The number of nitrogens with zero attached hydrogens (tertiary/aromatic N) is 2. The number of amides is 2. The number of nitrogens with one attached hydrogen (secondary N) is 1. The molecule has 0 saturated carbocycles. The Bertz CT molecular complexity index is 1770. The molecule has 248 valence electrons. The summed E-state index contributed by atoms with van der Waals surface area (Å²) in [6.07, 6.45) is 0.935. The highest BCUT2D eigenvalue weighted by Gasteiger charge is 2.35. The van der Waals surface area contributed by atoms with Gasteiger partial charge >= 0.3 is 0 Å². The number of rotatable bonds is 15. The molecule has 0 saturated heterocycles. The van der Waals surface area contributed by atoms with Gasteiger partial charge in [0.2, 0.25) is 11.8 Å². The second kappa shape index (κ2) is 16.5. The number of anilines is 1. The van der Waals surface area contributed by atoms with E-state index in [4.69, 9.17) is 9.47 Å². The molecule has 4 aromatic carbocycles. The molecule has 9 nitrogen and oxygen atoms in total. The zero-order valence-corrected chi connectivity index (χ0v) is 29.4. The smallest absolute Gasteiger partial charge is 0.264 e. The van der Waals surface area contributed by atoms with Crippen molar-refractivity contribution in [3.8, 4) is 11.5 Å². The van der Waals surface area contributed by atoms with Gasteiger partial charge in [0.25, 0.3) is 10.0 Å². The Morgan fingerprint density at radius 2 is 1.57 bits per heavy atom.